The molecule has 0 spiro atoms. The minimum atomic E-state index is -0.0378. The van der Waals surface area contributed by atoms with Gasteiger partial charge in [-0.15, -0.1) is 0 Å². The third kappa shape index (κ3) is 4.12. The van der Waals surface area contributed by atoms with Crippen molar-refractivity contribution in [2.45, 2.75) is 13.1 Å². The van der Waals surface area contributed by atoms with Crippen LogP contribution in [0, 0.1) is 0 Å². The molecule has 0 radical (unpaired) electrons. The number of nitrogens with one attached hydrogen (secondary N) is 1. The van der Waals surface area contributed by atoms with Crippen LogP contribution in [0.5, 0.6) is 0 Å². The van der Waals surface area contributed by atoms with Gasteiger partial charge in [0.15, 0.2) is 5.43 Å². The summed E-state index contributed by atoms with van der Waals surface area (Å²) in [6.45, 7) is 1.40. The lowest BCUT2D eigenvalue weighted by Gasteiger charge is -2.08. The van der Waals surface area contributed by atoms with E-state index in [0.29, 0.717) is 39.9 Å². The zero-order chi connectivity index (χ0) is 19.5. The first kappa shape index (κ1) is 18.8. The Morgan fingerprint density at radius 3 is 2.29 bits per heavy atom. The highest BCUT2D eigenvalue weighted by Crippen LogP contribution is 2.23. The Morgan fingerprint density at radius 1 is 0.786 bits per heavy atom. The van der Waals surface area contributed by atoms with Gasteiger partial charge in [-0.1, -0.05) is 65.7 Å². The van der Waals surface area contributed by atoms with Crippen molar-refractivity contribution in [3.8, 4) is 11.3 Å². The summed E-state index contributed by atoms with van der Waals surface area (Å²) in [4.78, 5) is 12.3. The summed E-state index contributed by atoms with van der Waals surface area (Å²) in [5.41, 5.74) is 3.63. The van der Waals surface area contributed by atoms with Gasteiger partial charge in [0.1, 0.15) is 11.3 Å². The van der Waals surface area contributed by atoms with Crippen LogP contribution in [0.1, 0.15) is 11.1 Å². The van der Waals surface area contributed by atoms with Crippen molar-refractivity contribution < 1.29 is 4.42 Å². The van der Waals surface area contributed by atoms with Crippen molar-refractivity contribution in [2.24, 2.45) is 0 Å². The van der Waals surface area contributed by atoms with E-state index in [1.54, 1.807) is 18.2 Å². The third-order valence-electron chi connectivity index (χ3n) is 4.52. The Balaban J connectivity index is 1.45. The summed E-state index contributed by atoms with van der Waals surface area (Å²) in [7, 11) is 0. The van der Waals surface area contributed by atoms with Gasteiger partial charge >= 0.3 is 0 Å². The molecule has 1 aromatic heterocycles. The van der Waals surface area contributed by atoms with Crippen LogP contribution in [-0.4, -0.2) is 0 Å². The van der Waals surface area contributed by atoms with Gasteiger partial charge in [-0.05, 0) is 35.4 Å². The van der Waals surface area contributed by atoms with E-state index in [2.05, 4.69) is 5.32 Å². The lowest BCUT2D eigenvalue weighted by Crippen LogP contribution is -2.12. The number of fused-ring (bicyclic) bond motifs is 1. The maximum Gasteiger partial charge on any atom is 0.193 e. The molecule has 28 heavy (non-hydrogen) atoms. The Morgan fingerprint density at radius 2 is 1.50 bits per heavy atom. The topological polar surface area (TPSA) is 42.2 Å². The fourth-order valence-electron chi connectivity index (χ4n) is 3.03. The minimum Gasteiger partial charge on any atom is -0.456 e. The van der Waals surface area contributed by atoms with E-state index in [1.807, 2.05) is 54.6 Å². The normalized spacial score (nSPS) is 11.1. The van der Waals surface area contributed by atoms with E-state index >= 15 is 0 Å². The lowest BCUT2D eigenvalue weighted by molar-refractivity contribution is 0.619. The molecule has 0 bridgehead atoms. The molecule has 0 unspecified atom stereocenters. The molecule has 4 aromatic rings. The van der Waals surface area contributed by atoms with Gasteiger partial charge in [-0.2, -0.15) is 0 Å². The molecule has 3 aromatic carbocycles. The van der Waals surface area contributed by atoms with E-state index in [-0.39, 0.29) is 5.43 Å². The molecule has 0 aliphatic heterocycles. The third-order valence-corrected chi connectivity index (χ3v) is 5.25. The summed E-state index contributed by atoms with van der Waals surface area (Å²) in [5, 5.41) is 5.09. The maximum atomic E-state index is 12.3. The molecule has 0 aliphatic carbocycles. The molecule has 0 atom stereocenters. The van der Waals surface area contributed by atoms with Crippen molar-refractivity contribution in [2.75, 3.05) is 0 Å². The first-order valence-electron chi connectivity index (χ1n) is 8.87. The summed E-state index contributed by atoms with van der Waals surface area (Å²) < 4.78 is 5.89. The molecule has 0 fully saturated rings. The van der Waals surface area contributed by atoms with Gasteiger partial charge < -0.3 is 9.73 Å². The zero-order valence-corrected chi connectivity index (χ0v) is 16.4. The van der Waals surface area contributed by atoms with Crippen LogP contribution in [-0.2, 0) is 13.1 Å². The predicted molar refractivity (Wildman–Crippen MR) is 115 cm³/mol. The van der Waals surface area contributed by atoms with Crippen LogP contribution in [0.4, 0.5) is 0 Å². The van der Waals surface area contributed by atoms with Gasteiger partial charge in [0, 0.05) is 24.7 Å². The van der Waals surface area contributed by atoms with Gasteiger partial charge in [0.05, 0.1) is 15.4 Å². The van der Waals surface area contributed by atoms with Gasteiger partial charge in [0.2, 0.25) is 0 Å². The molecular formula is C23H17Cl2NO2. The minimum absolute atomic E-state index is 0.0378. The smallest absolute Gasteiger partial charge is 0.193 e. The Bertz CT molecular complexity index is 1180. The largest absolute Gasteiger partial charge is 0.456 e. The Hall–Kier alpha value is -2.59. The van der Waals surface area contributed by atoms with Gasteiger partial charge in [0.25, 0.3) is 0 Å². The number of hydrogen-bond acceptors (Lipinski definition) is 3. The highest BCUT2D eigenvalue weighted by Gasteiger charge is 2.06. The Kier molecular flexibility index (Phi) is 5.49. The summed E-state index contributed by atoms with van der Waals surface area (Å²) in [6, 6.07) is 22.4. The van der Waals surface area contributed by atoms with Crippen LogP contribution < -0.4 is 10.7 Å². The van der Waals surface area contributed by atoms with Crippen molar-refractivity contribution in [3.05, 3.63) is 104 Å². The second-order valence-electron chi connectivity index (χ2n) is 6.52. The zero-order valence-electron chi connectivity index (χ0n) is 14.9. The molecule has 0 saturated heterocycles. The first-order valence-corrected chi connectivity index (χ1v) is 9.62. The number of benzene rings is 3. The SMILES string of the molecule is O=c1cc(-c2ccc(CNCc3ccc(Cl)c(Cl)c3)cc2)oc2ccccc12. The molecule has 0 aliphatic rings. The van der Waals surface area contributed by atoms with Crippen LogP contribution >= 0.6 is 23.2 Å². The molecular weight excluding hydrogens is 393 g/mol. The summed E-state index contributed by atoms with van der Waals surface area (Å²) in [5.74, 6) is 0.569. The van der Waals surface area contributed by atoms with Crippen LogP contribution in [0.2, 0.25) is 10.0 Å². The lowest BCUT2D eigenvalue weighted by atomic mass is 10.1. The summed E-state index contributed by atoms with van der Waals surface area (Å²) in [6.07, 6.45) is 0. The molecule has 4 rings (SSSR count). The second kappa shape index (κ2) is 8.19. The molecule has 140 valence electrons. The number of para-hydroxylation sites is 1. The monoisotopic (exact) mass is 409 g/mol. The van der Waals surface area contributed by atoms with Crippen LogP contribution in [0.25, 0.3) is 22.3 Å². The molecule has 1 N–H and O–H groups in total. The molecule has 0 saturated carbocycles. The molecule has 5 heteroatoms. The van der Waals surface area contributed by atoms with E-state index in [9.17, 15) is 4.79 Å². The van der Waals surface area contributed by atoms with Crippen molar-refractivity contribution in [1.82, 2.24) is 5.32 Å². The van der Waals surface area contributed by atoms with Gasteiger partial charge in [-0.3, -0.25) is 4.79 Å². The van der Waals surface area contributed by atoms with Crippen molar-refractivity contribution in [3.63, 3.8) is 0 Å². The second-order valence-corrected chi connectivity index (χ2v) is 7.33. The number of hydrogen-bond donors (Lipinski definition) is 1. The fourth-order valence-corrected chi connectivity index (χ4v) is 3.35. The van der Waals surface area contributed by atoms with E-state index in [4.69, 9.17) is 27.6 Å². The average Bonchev–Trinajstić information content (AvgIpc) is 2.71. The maximum absolute atomic E-state index is 12.3. The summed E-state index contributed by atoms with van der Waals surface area (Å²) >= 11 is 12.0. The van der Waals surface area contributed by atoms with Crippen molar-refractivity contribution in [1.29, 1.82) is 0 Å². The number of halogens is 2. The van der Waals surface area contributed by atoms with Crippen molar-refractivity contribution >= 4 is 34.2 Å². The van der Waals surface area contributed by atoms with E-state index < -0.39 is 0 Å². The quantitative estimate of drug-likeness (QED) is 0.435. The molecule has 1 heterocycles. The van der Waals surface area contributed by atoms with Crippen LogP contribution in [0.15, 0.2) is 82.0 Å². The molecule has 3 nitrogen and oxygen atoms in total. The molecule has 0 amide bonds. The van der Waals surface area contributed by atoms with E-state index in [1.165, 1.54) is 0 Å². The van der Waals surface area contributed by atoms with Crippen LogP contribution in [0.3, 0.4) is 0 Å². The van der Waals surface area contributed by atoms with Gasteiger partial charge in [-0.25, -0.2) is 0 Å². The average molecular weight is 410 g/mol. The standard InChI is InChI=1S/C23H17Cl2NO2/c24-19-10-7-16(11-20(19)25)14-26-13-15-5-8-17(9-6-15)23-12-21(27)18-3-1-2-4-22(18)28-23/h1-12,26H,13-14H2. The highest BCUT2D eigenvalue weighted by molar-refractivity contribution is 6.42. The highest BCUT2D eigenvalue weighted by atomic mass is 35.5. The Labute approximate surface area is 172 Å². The fraction of sp³-hybridized carbons (Fsp3) is 0.0870. The number of rotatable bonds is 5. The first-order chi connectivity index (χ1) is 13.6. The van der Waals surface area contributed by atoms with E-state index in [0.717, 1.165) is 16.7 Å². The predicted octanol–water partition coefficient (Wildman–Crippen LogP) is 6.06.